The minimum Gasteiger partial charge on any atom is -0.335 e. The maximum absolute atomic E-state index is 13.2. The van der Waals surface area contributed by atoms with E-state index in [9.17, 15) is 9.59 Å². The Morgan fingerprint density at radius 1 is 0.969 bits per heavy atom. The van der Waals surface area contributed by atoms with Crippen LogP contribution in [0.4, 0.5) is 5.82 Å². The summed E-state index contributed by atoms with van der Waals surface area (Å²) in [7, 11) is 0. The first kappa shape index (κ1) is 21.8. The highest BCUT2D eigenvalue weighted by Crippen LogP contribution is 2.20. The third-order valence-electron chi connectivity index (χ3n) is 5.70. The van der Waals surface area contributed by atoms with Crippen molar-refractivity contribution < 1.29 is 9.59 Å². The van der Waals surface area contributed by atoms with Crippen LogP contribution in [0.2, 0.25) is 0 Å². The zero-order valence-electron chi connectivity index (χ0n) is 18.6. The molecule has 0 unspecified atom stereocenters. The van der Waals surface area contributed by atoms with Crippen molar-refractivity contribution in [2.24, 2.45) is 0 Å². The third-order valence-corrected chi connectivity index (χ3v) is 5.70. The number of anilines is 1. The fourth-order valence-corrected chi connectivity index (χ4v) is 3.79. The number of para-hydroxylation sites is 1. The van der Waals surface area contributed by atoms with Gasteiger partial charge < -0.3 is 10.2 Å². The monoisotopic (exact) mass is 431 g/mol. The van der Waals surface area contributed by atoms with Gasteiger partial charge in [0.15, 0.2) is 5.69 Å². The number of amides is 2. The Bertz CT molecular complexity index is 1070. The topological polar surface area (TPSA) is 70.5 Å². The highest BCUT2D eigenvalue weighted by Gasteiger charge is 2.25. The van der Waals surface area contributed by atoms with Gasteiger partial charge in [-0.2, -0.15) is 5.10 Å². The molecule has 1 aliphatic rings. The van der Waals surface area contributed by atoms with Crippen molar-refractivity contribution in [1.29, 1.82) is 0 Å². The first-order chi connectivity index (χ1) is 15.5. The van der Waals surface area contributed by atoms with Crippen LogP contribution in [0.15, 0.2) is 60.7 Å². The van der Waals surface area contributed by atoms with Gasteiger partial charge in [0, 0.05) is 45.2 Å². The van der Waals surface area contributed by atoms with E-state index >= 15 is 0 Å². The minimum atomic E-state index is -0.120. The van der Waals surface area contributed by atoms with Gasteiger partial charge in [0.25, 0.3) is 5.91 Å². The van der Waals surface area contributed by atoms with Crippen LogP contribution >= 0.6 is 0 Å². The molecule has 4 rings (SSSR count). The molecule has 2 heterocycles. The summed E-state index contributed by atoms with van der Waals surface area (Å²) in [6.45, 7) is 7.71. The van der Waals surface area contributed by atoms with Crippen LogP contribution < -0.4 is 5.32 Å². The number of aromatic nitrogens is 2. The summed E-state index contributed by atoms with van der Waals surface area (Å²) >= 11 is 0. The molecule has 1 aromatic heterocycles. The second-order valence-corrected chi connectivity index (χ2v) is 8.12. The molecule has 1 N–H and O–H groups in total. The van der Waals surface area contributed by atoms with Crippen LogP contribution in [0.3, 0.4) is 0 Å². The highest BCUT2D eigenvalue weighted by atomic mass is 16.2. The molecule has 0 atom stereocenters. The SMILES string of the molecule is CCC(=O)Nc1cc(C(=O)N2CCN(Cc3ccc(C)cc3)CC2)nn1-c1ccccc1. The quantitative estimate of drug-likeness (QED) is 0.649. The Morgan fingerprint density at radius 3 is 2.31 bits per heavy atom. The van der Waals surface area contributed by atoms with E-state index < -0.39 is 0 Å². The lowest BCUT2D eigenvalue weighted by atomic mass is 10.1. The number of nitrogens with zero attached hydrogens (tertiary/aromatic N) is 4. The lowest BCUT2D eigenvalue weighted by molar-refractivity contribution is -0.115. The normalized spacial score (nSPS) is 14.4. The average Bonchev–Trinajstić information content (AvgIpc) is 3.24. The van der Waals surface area contributed by atoms with Gasteiger partial charge in [-0.25, -0.2) is 4.68 Å². The van der Waals surface area contributed by atoms with Crippen LogP contribution in [0.5, 0.6) is 0 Å². The molecule has 7 heteroatoms. The predicted molar refractivity (Wildman–Crippen MR) is 125 cm³/mol. The summed E-state index contributed by atoms with van der Waals surface area (Å²) in [5, 5.41) is 7.39. The number of nitrogens with one attached hydrogen (secondary N) is 1. The van der Waals surface area contributed by atoms with Crippen LogP contribution in [0, 0.1) is 6.92 Å². The summed E-state index contributed by atoms with van der Waals surface area (Å²) < 4.78 is 1.62. The van der Waals surface area contributed by atoms with Gasteiger partial charge >= 0.3 is 0 Å². The maximum Gasteiger partial charge on any atom is 0.274 e. The van der Waals surface area contributed by atoms with Gasteiger partial charge in [-0.3, -0.25) is 14.5 Å². The largest absolute Gasteiger partial charge is 0.335 e. The molecule has 3 aromatic rings. The molecule has 32 heavy (non-hydrogen) atoms. The number of rotatable bonds is 6. The van der Waals surface area contributed by atoms with Gasteiger partial charge in [0.2, 0.25) is 5.91 Å². The van der Waals surface area contributed by atoms with E-state index in [1.165, 1.54) is 11.1 Å². The number of carbonyl (C=O) groups is 2. The first-order valence-corrected chi connectivity index (χ1v) is 11.1. The number of aryl methyl sites for hydroxylation is 1. The van der Waals surface area contributed by atoms with Crippen LogP contribution in [0.25, 0.3) is 5.69 Å². The number of hydrogen-bond acceptors (Lipinski definition) is 4. The summed E-state index contributed by atoms with van der Waals surface area (Å²) in [4.78, 5) is 29.4. The third kappa shape index (κ3) is 5.06. The Kier molecular flexibility index (Phi) is 6.66. The van der Waals surface area contributed by atoms with Crippen molar-refractivity contribution in [3.63, 3.8) is 0 Å². The molecule has 7 nitrogen and oxygen atoms in total. The molecular weight excluding hydrogens is 402 g/mol. The summed E-state index contributed by atoms with van der Waals surface area (Å²) in [5.74, 6) is 0.275. The van der Waals surface area contributed by atoms with Crippen molar-refractivity contribution in [2.45, 2.75) is 26.8 Å². The zero-order chi connectivity index (χ0) is 22.5. The van der Waals surface area contributed by atoms with E-state index in [0.717, 1.165) is 25.3 Å². The fourth-order valence-electron chi connectivity index (χ4n) is 3.79. The van der Waals surface area contributed by atoms with E-state index in [-0.39, 0.29) is 11.8 Å². The number of carbonyl (C=O) groups excluding carboxylic acids is 2. The fraction of sp³-hybridized carbons (Fsp3) is 0.320. The lowest BCUT2D eigenvalue weighted by Gasteiger charge is -2.34. The van der Waals surface area contributed by atoms with Crippen molar-refractivity contribution in [2.75, 3.05) is 31.5 Å². The number of piperazine rings is 1. The van der Waals surface area contributed by atoms with Crippen LogP contribution in [-0.4, -0.2) is 57.6 Å². The average molecular weight is 432 g/mol. The summed E-state index contributed by atoms with van der Waals surface area (Å²) in [6, 6.07) is 19.8. The van der Waals surface area contributed by atoms with E-state index in [2.05, 4.69) is 46.5 Å². The second-order valence-electron chi connectivity index (χ2n) is 8.12. The highest BCUT2D eigenvalue weighted by molar-refractivity contribution is 5.95. The molecular formula is C25H29N5O2. The zero-order valence-corrected chi connectivity index (χ0v) is 18.6. The minimum absolute atomic E-state index is 0.110. The van der Waals surface area contributed by atoms with E-state index in [1.54, 1.807) is 17.7 Å². The van der Waals surface area contributed by atoms with E-state index in [1.807, 2.05) is 35.2 Å². The Labute approximate surface area is 188 Å². The molecule has 1 aliphatic heterocycles. The molecule has 2 aromatic carbocycles. The molecule has 166 valence electrons. The van der Waals surface area contributed by atoms with Gasteiger partial charge in [-0.1, -0.05) is 55.0 Å². The van der Waals surface area contributed by atoms with Crippen molar-refractivity contribution in [3.05, 3.63) is 77.5 Å². The molecule has 2 amide bonds. The standard InChI is InChI=1S/C25H29N5O2/c1-3-24(31)26-23-17-22(27-30(23)21-7-5-4-6-8-21)25(32)29-15-13-28(14-16-29)18-20-11-9-19(2)10-12-20/h4-12,17H,3,13-16,18H2,1-2H3,(H,26,31). The molecule has 0 bridgehead atoms. The summed E-state index contributed by atoms with van der Waals surface area (Å²) in [5.41, 5.74) is 3.68. The molecule has 0 radical (unpaired) electrons. The van der Waals surface area contributed by atoms with Gasteiger partial charge in [-0.15, -0.1) is 0 Å². The Balaban J connectivity index is 1.45. The molecule has 1 saturated heterocycles. The van der Waals surface area contributed by atoms with Crippen molar-refractivity contribution in [3.8, 4) is 5.69 Å². The van der Waals surface area contributed by atoms with E-state index in [4.69, 9.17) is 0 Å². The van der Waals surface area contributed by atoms with Crippen LogP contribution in [0.1, 0.15) is 35.0 Å². The Morgan fingerprint density at radius 2 is 1.66 bits per heavy atom. The Hall–Kier alpha value is -3.45. The summed E-state index contributed by atoms with van der Waals surface area (Å²) in [6.07, 6.45) is 0.353. The number of benzene rings is 2. The van der Waals surface area contributed by atoms with Crippen LogP contribution in [-0.2, 0) is 11.3 Å². The van der Waals surface area contributed by atoms with Gasteiger partial charge in [-0.05, 0) is 24.6 Å². The smallest absolute Gasteiger partial charge is 0.274 e. The van der Waals surface area contributed by atoms with E-state index in [0.29, 0.717) is 31.0 Å². The van der Waals surface area contributed by atoms with Gasteiger partial charge in [0.1, 0.15) is 5.82 Å². The van der Waals surface area contributed by atoms with Gasteiger partial charge in [0.05, 0.1) is 5.69 Å². The second kappa shape index (κ2) is 9.78. The number of hydrogen-bond donors (Lipinski definition) is 1. The molecule has 1 fully saturated rings. The molecule has 0 spiro atoms. The molecule has 0 aliphatic carbocycles. The maximum atomic E-state index is 13.2. The van der Waals surface area contributed by atoms with Crippen molar-refractivity contribution >= 4 is 17.6 Å². The molecule has 0 saturated carbocycles. The lowest BCUT2D eigenvalue weighted by Crippen LogP contribution is -2.48. The predicted octanol–water partition coefficient (Wildman–Crippen LogP) is 3.49. The first-order valence-electron chi connectivity index (χ1n) is 11.1. The van der Waals surface area contributed by atoms with Crippen molar-refractivity contribution in [1.82, 2.24) is 19.6 Å².